The number of aliphatic hydroxyl groups is 1. The van der Waals surface area contributed by atoms with Crippen LogP contribution in [0.15, 0.2) is 30.0 Å². The Kier molecular flexibility index (Phi) is 4.46. The van der Waals surface area contributed by atoms with Gasteiger partial charge in [0.15, 0.2) is 11.6 Å². The van der Waals surface area contributed by atoms with Crippen molar-refractivity contribution < 1.29 is 9.90 Å². The Morgan fingerprint density at radius 3 is 2.63 bits per heavy atom. The quantitative estimate of drug-likeness (QED) is 0.847. The third-order valence-corrected chi connectivity index (χ3v) is 5.96. The summed E-state index contributed by atoms with van der Waals surface area (Å²) >= 11 is 5.93. The summed E-state index contributed by atoms with van der Waals surface area (Å²) in [4.78, 5) is 17.2. The van der Waals surface area contributed by atoms with Gasteiger partial charge in [0.05, 0.1) is 5.54 Å². The number of aryl methyl sites for hydroxylation is 1. The number of rotatable bonds is 3. The summed E-state index contributed by atoms with van der Waals surface area (Å²) in [5, 5.41) is 19.1. The lowest BCUT2D eigenvalue weighted by Gasteiger charge is -2.36. The van der Waals surface area contributed by atoms with E-state index in [2.05, 4.69) is 22.3 Å². The van der Waals surface area contributed by atoms with Crippen LogP contribution in [0.1, 0.15) is 49.8 Å². The van der Waals surface area contributed by atoms with Gasteiger partial charge < -0.3 is 10.4 Å². The second kappa shape index (κ2) is 6.68. The van der Waals surface area contributed by atoms with Crippen LogP contribution in [0.2, 0.25) is 5.02 Å². The lowest BCUT2D eigenvalue weighted by Crippen LogP contribution is -2.47. The van der Waals surface area contributed by atoms with Crippen LogP contribution >= 0.6 is 11.6 Å². The maximum absolute atomic E-state index is 12.7. The van der Waals surface area contributed by atoms with Gasteiger partial charge in [0.1, 0.15) is 11.3 Å². The van der Waals surface area contributed by atoms with Crippen LogP contribution in [-0.4, -0.2) is 31.3 Å². The van der Waals surface area contributed by atoms with E-state index >= 15 is 0 Å². The van der Waals surface area contributed by atoms with E-state index in [1.54, 1.807) is 11.7 Å². The van der Waals surface area contributed by atoms with E-state index in [-0.39, 0.29) is 17.2 Å². The fraction of sp³-hybridized carbons (Fsp3) is 0.450. The number of nitrogens with zero attached hydrogens (tertiary/aromatic N) is 3. The van der Waals surface area contributed by atoms with Gasteiger partial charge in [-0.05, 0) is 49.3 Å². The van der Waals surface area contributed by atoms with Crippen LogP contribution in [0.4, 0.5) is 0 Å². The van der Waals surface area contributed by atoms with Gasteiger partial charge in [0.2, 0.25) is 0 Å². The molecule has 0 radical (unpaired) electrons. The number of amides is 1. The zero-order valence-electron chi connectivity index (χ0n) is 15.5. The molecule has 1 saturated carbocycles. The molecule has 1 aliphatic carbocycles. The largest absolute Gasteiger partial charge is 0.509 e. The summed E-state index contributed by atoms with van der Waals surface area (Å²) in [7, 11) is 1.75. The van der Waals surface area contributed by atoms with E-state index in [0.717, 1.165) is 31.2 Å². The molecule has 2 aliphatic rings. The number of hydrogen-bond acceptors (Lipinski definition) is 4. The monoisotopic (exact) mass is 386 g/mol. The van der Waals surface area contributed by atoms with Crippen molar-refractivity contribution in [2.45, 2.75) is 44.6 Å². The van der Waals surface area contributed by atoms with E-state index < -0.39 is 5.54 Å². The lowest BCUT2D eigenvalue weighted by atomic mass is 9.76. The number of aliphatic hydroxyl groups excluding tert-OH is 1. The molecule has 1 fully saturated rings. The summed E-state index contributed by atoms with van der Waals surface area (Å²) < 4.78 is 1.57. The van der Waals surface area contributed by atoms with Crippen molar-refractivity contribution in [3.8, 4) is 0 Å². The van der Waals surface area contributed by atoms with Crippen LogP contribution in [0.3, 0.4) is 0 Å². The van der Waals surface area contributed by atoms with Gasteiger partial charge in [-0.15, -0.1) is 0 Å². The normalized spacial score (nSPS) is 25.3. The SMILES string of the molecule is Cn1nc(Cc2ccc(Cl)cc2)nc1C1=C(O)[C@]2(CC[C@H](C)CC2)NC1=O. The van der Waals surface area contributed by atoms with E-state index in [1.165, 1.54) is 0 Å². The number of carbonyl (C=O) groups is 1. The first-order valence-electron chi connectivity index (χ1n) is 9.29. The molecule has 142 valence electrons. The summed E-state index contributed by atoms with van der Waals surface area (Å²) in [6, 6.07) is 7.51. The van der Waals surface area contributed by atoms with E-state index in [1.807, 2.05) is 24.3 Å². The van der Waals surface area contributed by atoms with E-state index in [9.17, 15) is 9.90 Å². The Bertz CT molecular complexity index is 909. The molecule has 27 heavy (non-hydrogen) atoms. The minimum absolute atomic E-state index is 0.118. The molecule has 2 aromatic rings. The van der Waals surface area contributed by atoms with Crippen LogP contribution in [-0.2, 0) is 18.3 Å². The van der Waals surface area contributed by atoms with Gasteiger partial charge in [-0.2, -0.15) is 5.10 Å². The van der Waals surface area contributed by atoms with Gasteiger partial charge in [0.25, 0.3) is 5.91 Å². The molecular weight excluding hydrogens is 364 g/mol. The van der Waals surface area contributed by atoms with Crippen molar-refractivity contribution in [1.29, 1.82) is 0 Å². The number of benzene rings is 1. The molecule has 1 aliphatic heterocycles. The van der Waals surface area contributed by atoms with Crippen LogP contribution in [0, 0.1) is 5.92 Å². The van der Waals surface area contributed by atoms with Gasteiger partial charge in [-0.1, -0.05) is 30.7 Å². The van der Waals surface area contributed by atoms with Gasteiger partial charge in [0, 0.05) is 18.5 Å². The van der Waals surface area contributed by atoms with Crippen molar-refractivity contribution in [1.82, 2.24) is 20.1 Å². The zero-order chi connectivity index (χ0) is 19.2. The van der Waals surface area contributed by atoms with Crippen LogP contribution < -0.4 is 5.32 Å². The summed E-state index contributed by atoms with van der Waals surface area (Å²) in [5.74, 6) is 1.47. The molecule has 7 heteroatoms. The molecule has 0 bridgehead atoms. The summed E-state index contributed by atoms with van der Waals surface area (Å²) in [5.41, 5.74) is 0.645. The first kappa shape index (κ1) is 18.0. The third kappa shape index (κ3) is 3.23. The lowest BCUT2D eigenvalue weighted by molar-refractivity contribution is -0.116. The Morgan fingerprint density at radius 1 is 1.30 bits per heavy atom. The smallest absolute Gasteiger partial charge is 0.259 e. The predicted octanol–water partition coefficient (Wildman–Crippen LogP) is 3.41. The van der Waals surface area contributed by atoms with Gasteiger partial charge in [-0.25, -0.2) is 9.67 Å². The van der Waals surface area contributed by atoms with Crippen LogP contribution in [0.5, 0.6) is 0 Å². The average Bonchev–Trinajstić information content (AvgIpc) is 3.10. The molecular formula is C20H23ClN4O2. The van der Waals surface area contributed by atoms with Crippen molar-refractivity contribution in [2.24, 2.45) is 13.0 Å². The van der Waals surface area contributed by atoms with Gasteiger partial charge in [-0.3, -0.25) is 4.79 Å². The number of halogens is 1. The number of carbonyl (C=O) groups excluding carboxylic acids is 1. The molecule has 2 heterocycles. The fourth-order valence-electron chi connectivity index (χ4n) is 4.02. The molecule has 6 nitrogen and oxygen atoms in total. The summed E-state index contributed by atoms with van der Waals surface area (Å²) in [6.45, 7) is 2.21. The molecule has 1 spiro atoms. The maximum Gasteiger partial charge on any atom is 0.259 e. The molecule has 0 unspecified atom stereocenters. The molecule has 1 aromatic heterocycles. The topological polar surface area (TPSA) is 80.0 Å². The second-order valence-electron chi connectivity index (χ2n) is 7.72. The molecule has 0 atom stereocenters. The molecule has 1 amide bonds. The highest BCUT2D eigenvalue weighted by Crippen LogP contribution is 2.42. The first-order valence-corrected chi connectivity index (χ1v) is 9.67. The Hall–Kier alpha value is -2.34. The van der Waals surface area contributed by atoms with E-state index in [0.29, 0.717) is 29.0 Å². The fourth-order valence-corrected chi connectivity index (χ4v) is 4.15. The van der Waals surface area contributed by atoms with Crippen molar-refractivity contribution in [3.63, 3.8) is 0 Å². The van der Waals surface area contributed by atoms with E-state index in [4.69, 9.17) is 11.6 Å². The third-order valence-electron chi connectivity index (χ3n) is 5.70. The van der Waals surface area contributed by atoms with Gasteiger partial charge >= 0.3 is 0 Å². The molecule has 1 aromatic carbocycles. The Balaban J connectivity index is 1.64. The minimum atomic E-state index is -0.638. The van der Waals surface area contributed by atoms with Crippen molar-refractivity contribution in [3.05, 3.63) is 52.3 Å². The second-order valence-corrected chi connectivity index (χ2v) is 8.16. The Morgan fingerprint density at radius 2 is 1.96 bits per heavy atom. The molecule has 4 rings (SSSR count). The minimum Gasteiger partial charge on any atom is -0.509 e. The molecule has 0 saturated heterocycles. The number of nitrogens with one attached hydrogen (secondary N) is 1. The highest BCUT2D eigenvalue weighted by atomic mass is 35.5. The standard InChI is InChI=1S/C20H23ClN4O2/c1-12-7-9-20(10-8-12)17(26)16(19(27)23-20)18-22-15(24-25(18)2)11-13-3-5-14(21)6-4-13/h3-6,12,26H,7-11H2,1-2H3,(H,23,27)/t12-,20+. The number of aromatic nitrogens is 3. The Labute approximate surface area is 163 Å². The summed E-state index contributed by atoms with van der Waals surface area (Å²) in [6.07, 6.45) is 4.01. The highest BCUT2D eigenvalue weighted by molar-refractivity contribution is 6.30. The average molecular weight is 387 g/mol. The van der Waals surface area contributed by atoms with Crippen molar-refractivity contribution >= 4 is 23.1 Å². The van der Waals surface area contributed by atoms with Crippen LogP contribution in [0.25, 0.3) is 5.57 Å². The maximum atomic E-state index is 12.7. The molecule has 2 N–H and O–H groups in total. The zero-order valence-corrected chi connectivity index (χ0v) is 16.3. The number of hydrogen-bond donors (Lipinski definition) is 2. The van der Waals surface area contributed by atoms with Crippen molar-refractivity contribution in [2.75, 3.05) is 0 Å². The predicted molar refractivity (Wildman–Crippen MR) is 103 cm³/mol. The first-order chi connectivity index (χ1) is 12.9. The highest BCUT2D eigenvalue weighted by Gasteiger charge is 2.48.